The quantitative estimate of drug-likeness (QED) is 0.867. The van der Waals surface area contributed by atoms with Gasteiger partial charge in [-0.05, 0) is 44.9 Å². The van der Waals surface area contributed by atoms with Crippen LogP contribution in [-0.4, -0.2) is 41.9 Å². The summed E-state index contributed by atoms with van der Waals surface area (Å²) in [5.74, 6) is 0.830. The van der Waals surface area contributed by atoms with Gasteiger partial charge in [-0.2, -0.15) is 0 Å². The molecular formula is C19H24N2O3. The fraction of sp³-hybridized carbons (Fsp3) is 0.526. The molecule has 2 fully saturated rings. The second-order valence-corrected chi connectivity index (χ2v) is 7.31. The summed E-state index contributed by atoms with van der Waals surface area (Å²) in [6.07, 6.45) is 8.67. The van der Waals surface area contributed by atoms with E-state index in [0.717, 1.165) is 39.1 Å². The second-order valence-electron chi connectivity index (χ2n) is 7.31. The van der Waals surface area contributed by atoms with Crippen molar-refractivity contribution >= 4 is 5.91 Å². The molecule has 2 saturated heterocycles. The SMILES string of the molecule is Cc1occc1C(=O)N1CCC2(CCCN(Cc3ccoc3)C2)C1. The Morgan fingerprint density at radius 2 is 2.12 bits per heavy atom. The number of carbonyl (C=O) groups is 1. The molecule has 2 aromatic rings. The normalized spacial score (nSPS) is 24.8. The van der Waals surface area contributed by atoms with Gasteiger partial charge in [0.15, 0.2) is 0 Å². The van der Waals surface area contributed by atoms with Crippen molar-refractivity contribution in [1.82, 2.24) is 9.80 Å². The van der Waals surface area contributed by atoms with Crippen molar-refractivity contribution in [3.63, 3.8) is 0 Å². The zero-order chi connectivity index (χ0) is 16.6. The monoisotopic (exact) mass is 328 g/mol. The molecule has 2 aromatic heterocycles. The summed E-state index contributed by atoms with van der Waals surface area (Å²) in [5.41, 5.74) is 2.18. The van der Waals surface area contributed by atoms with Gasteiger partial charge in [-0.3, -0.25) is 9.69 Å². The van der Waals surface area contributed by atoms with E-state index in [1.165, 1.54) is 18.4 Å². The molecule has 2 aliphatic heterocycles. The third-order valence-corrected chi connectivity index (χ3v) is 5.54. The maximum atomic E-state index is 12.7. The lowest BCUT2D eigenvalue weighted by atomic mass is 9.79. The highest BCUT2D eigenvalue weighted by Crippen LogP contribution is 2.40. The third-order valence-electron chi connectivity index (χ3n) is 5.54. The molecule has 4 heterocycles. The summed E-state index contributed by atoms with van der Waals surface area (Å²) in [6.45, 7) is 6.69. The molecule has 5 heteroatoms. The number of piperidine rings is 1. The van der Waals surface area contributed by atoms with Gasteiger partial charge < -0.3 is 13.7 Å². The van der Waals surface area contributed by atoms with Crippen LogP contribution in [0.3, 0.4) is 0 Å². The Kier molecular flexibility index (Phi) is 3.96. The molecule has 0 radical (unpaired) electrons. The lowest BCUT2D eigenvalue weighted by molar-refractivity contribution is 0.0674. The molecule has 1 unspecified atom stereocenters. The van der Waals surface area contributed by atoms with Crippen LogP contribution < -0.4 is 0 Å². The summed E-state index contributed by atoms with van der Waals surface area (Å²) in [4.78, 5) is 17.3. The molecular weight excluding hydrogens is 304 g/mol. The molecule has 2 aliphatic rings. The van der Waals surface area contributed by atoms with Gasteiger partial charge in [0.2, 0.25) is 0 Å². The number of carbonyl (C=O) groups excluding carboxylic acids is 1. The standard InChI is InChI=1S/C19H24N2O3/c1-15-17(4-10-24-15)18(22)21-8-6-19(14-21)5-2-7-20(13-19)11-16-3-9-23-12-16/h3-4,9-10,12H,2,5-8,11,13-14H2,1H3. The van der Waals surface area contributed by atoms with Gasteiger partial charge in [0.05, 0.1) is 24.4 Å². The summed E-state index contributed by atoms with van der Waals surface area (Å²) < 4.78 is 10.5. The van der Waals surface area contributed by atoms with E-state index in [1.807, 2.05) is 24.2 Å². The Morgan fingerprint density at radius 3 is 2.88 bits per heavy atom. The number of hydrogen-bond donors (Lipinski definition) is 0. The largest absolute Gasteiger partial charge is 0.472 e. The Labute approximate surface area is 142 Å². The van der Waals surface area contributed by atoms with Crippen LogP contribution in [0.1, 0.15) is 40.9 Å². The Balaban J connectivity index is 1.43. The minimum Gasteiger partial charge on any atom is -0.472 e. The fourth-order valence-corrected chi connectivity index (χ4v) is 4.30. The minimum atomic E-state index is 0.116. The van der Waals surface area contributed by atoms with E-state index >= 15 is 0 Å². The van der Waals surface area contributed by atoms with E-state index in [4.69, 9.17) is 8.83 Å². The van der Waals surface area contributed by atoms with Crippen LogP contribution in [0.15, 0.2) is 39.8 Å². The van der Waals surface area contributed by atoms with Crippen molar-refractivity contribution < 1.29 is 13.6 Å². The first kappa shape index (κ1) is 15.5. The van der Waals surface area contributed by atoms with E-state index in [0.29, 0.717) is 11.3 Å². The van der Waals surface area contributed by atoms with Gasteiger partial charge in [0.25, 0.3) is 5.91 Å². The summed E-state index contributed by atoms with van der Waals surface area (Å²) in [5, 5.41) is 0. The molecule has 0 bridgehead atoms. The number of hydrogen-bond acceptors (Lipinski definition) is 4. The lowest BCUT2D eigenvalue weighted by Gasteiger charge is -2.40. The van der Waals surface area contributed by atoms with Crippen molar-refractivity contribution in [3.8, 4) is 0 Å². The molecule has 24 heavy (non-hydrogen) atoms. The molecule has 0 aromatic carbocycles. The predicted octanol–water partition coefficient (Wildman–Crippen LogP) is 3.31. The topological polar surface area (TPSA) is 49.8 Å². The van der Waals surface area contributed by atoms with Crippen LogP contribution in [0.4, 0.5) is 0 Å². The first-order chi connectivity index (χ1) is 11.7. The van der Waals surface area contributed by atoms with Gasteiger partial charge in [-0.25, -0.2) is 0 Å². The number of aryl methyl sites for hydroxylation is 1. The minimum absolute atomic E-state index is 0.116. The Morgan fingerprint density at radius 1 is 1.21 bits per heavy atom. The Hall–Kier alpha value is -2.01. The van der Waals surface area contributed by atoms with E-state index in [2.05, 4.69) is 4.90 Å². The van der Waals surface area contributed by atoms with Crippen LogP contribution in [-0.2, 0) is 6.54 Å². The van der Waals surface area contributed by atoms with Crippen LogP contribution in [0.2, 0.25) is 0 Å². The molecule has 4 rings (SSSR count). The highest BCUT2D eigenvalue weighted by molar-refractivity contribution is 5.95. The average Bonchev–Trinajstić information content (AvgIpc) is 3.29. The van der Waals surface area contributed by atoms with Gasteiger partial charge >= 0.3 is 0 Å². The lowest BCUT2D eigenvalue weighted by Crippen LogP contribution is -2.45. The maximum Gasteiger partial charge on any atom is 0.257 e. The van der Waals surface area contributed by atoms with E-state index in [9.17, 15) is 4.79 Å². The molecule has 1 spiro atoms. The van der Waals surface area contributed by atoms with Crippen LogP contribution >= 0.6 is 0 Å². The number of nitrogens with zero attached hydrogens (tertiary/aromatic N) is 2. The van der Waals surface area contributed by atoms with Gasteiger partial charge in [-0.1, -0.05) is 0 Å². The molecule has 0 saturated carbocycles. The van der Waals surface area contributed by atoms with Crippen molar-refractivity contribution in [2.24, 2.45) is 5.41 Å². The van der Waals surface area contributed by atoms with Crippen LogP contribution in [0.25, 0.3) is 0 Å². The van der Waals surface area contributed by atoms with Crippen molar-refractivity contribution in [3.05, 3.63) is 47.8 Å². The number of rotatable bonds is 3. The Bertz CT molecular complexity index is 706. The molecule has 0 aliphatic carbocycles. The van der Waals surface area contributed by atoms with E-state index in [-0.39, 0.29) is 11.3 Å². The van der Waals surface area contributed by atoms with Gasteiger partial charge in [0.1, 0.15) is 5.76 Å². The van der Waals surface area contributed by atoms with Crippen molar-refractivity contribution in [1.29, 1.82) is 0 Å². The zero-order valence-corrected chi connectivity index (χ0v) is 14.2. The molecule has 0 N–H and O–H groups in total. The van der Waals surface area contributed by atoms with Crippen LogP contribution in [0.5, 0.6) is 0 Å². The van der Waals surface area contributed by atoms with Gasteiger partial charge in [0, 0.05) is 37.2 Å². The predicted molar refractivity (Wildman–Crippen MR) is 89.6 cm³/mol. The zero-order valence-electron chi connectivity index (χ0n) is 14.2. The highest BCUT2D eigenvalue weighted by atomic mass is 16.3. The van der Waals surface area contributed by atoms with E-state index in [1.54, 1.807) is 18.6 Å². The summed E-state index contributed by atoms with van der Waals surface area (Å²) in [7, 11) is 0. The fourth-order valence-electron chi connectivity index (χ4n) is 4.30. The van der Waals surface area contributed by atoms with Gasteiger partial charge in [-0.15, -0.1) is 0 Å². The maximum absolute atomic E-state index is 12.7. The molecule has 1 amide bonds. The number of amides is 1. The molecule has 128 valence electrons. The number of likely N-dealkylation sites (tertiary alicyclic amines) is 2. The molecule has 1 atom stereocenters. The number of furan rings is 2. The average molecular weight is 328 g/mol. The first-order valence-electron chi connectivity index (χ1n) is 8.72. The van der Waals surface area contributed by atoms with Crippen molar-refractivity contribution in [2.75, 3.05) is 26.2 Å². The second kappa shape index (κ2) is 6.13. The first-order valence-corrected chi connectivity index (χ1v) is 8.72. The smallest absolute Gasteiger partial charge is 0.257 e. The summed E-state index contributed by atoms with van der Waals surface area (Å²) >= 11 is 0. The third kappa shape index (κ3) is 2.88. The van der Waals surface area contributed by atoms with Crippen LogP contribution in [0, 0.1) is 12.3 Å². The summed E-state index contributed by atoms with van der Waals surface area (Å²) in [6, 6.07) is 3.82. The van der Waals surface area contributed by atoms with E-state index < -0.39 is 0 Å². The van der Waals surface area contributed by atoms with Crippen molar-refractivity contribution in [2.45, 2.75) is 32.7 Å². The highest BCUT2D eigenvalue weighted by Gasteiger charge is 2.43. The molecule has 5 nitrogen and oxygen atoms in total.